The van der Waals surface area contributed by atoms with E-state index in [1.807, 2.05) is 0 Å². The van der Waals surface area contributed by atoms with Gasteiger partial charge in [-0.3, -0.25) is 0 Å². The second-order valence-electron chi connectivity index (χ2n) is 5.15. The lowest BCUT2D eigenvalue weighted by Gasteiger charge is -2.04. The summed E-state index contributed by atoms with van der Waals surface area (Å²) >= 11 is 0. The Morgan fingerprint density at radius 1 is 0.667 bits per heavy atom. The van der Waals surface area contributed by atoms with E-state index in [1.54, 1.807) is 0 Å². The van der Waals surface area contributed by atoms with Crippen molar-refractivity contribution in [3.63, 3.8) is 0 Å². The van der Waals surface area contributed by atoms with E-state index >= 15 is 0 Å². The maximum atomic E-state index is 2.36. The van der Waals surface area contributed by atoms with Crippen molar-refractivity contribution in [2.45, 2.75) is 6.92 Å². The van der Waals surface area contributed by atoms with Crippen LogP contribution in [-0.4, -0.2) is 0 Å². The molecule has 0 aromatic heterocycles. The highest BCUT2D eigenvalue weighted by molar-refractivity contribution is 6.08. The molecule has 0 amide bonds. The van der Waals surface area contributed by atoms with Crippen LogP contribution in [0.15, 0.2) is 48.5 Å². The van der Waals surface area contributed by atoms with Crippen molar-refractivity contribution < 1.29 is 0 Å². The van der Waals surface area contributed by atoms with Crippen LogP contribution in [0.2, 0.25) is 0 Å². The number of benzene rings is 3. The number of hydrogen-bond donors (Lipinski definition) is 0. The molecule has 86 valence electrons. The van der Waals surface area contributed by atoms with Gasteiger partial charge < -0.3 is 0 Å². The Morgan fingerprint density at radius 3 is 1.67 bits per heavy atom. The lowest BCUT2D eigenvalue weighted by atomic mass is 9.99. The van der Waals surface area contributed by atoms with E-state index < -0.39 is 0 Å². The maximum Gasteiger partial charge on any atom is -0.00299 e. The third-order valence-electron chi connectivity index (χ3n) is 3.84. The molecule has 3 aromatic rings. The SMILES string of the molecule is CC1C=c2cccc3ccc4cccc(c4c23)=C1. The molecule has 0 fully saturated rings. The summed E-state index contributed by atoms with van der Waals surface area (Å²) in [7, 11) is 0. The van der Waals surface area contributed by atoms with Crippen LogP contribution in [0.5, 0.6) is 0 Å². The summed E-state index contributed by atoms with van der Waals surface area (Å²) in [5.41, 5.74) is 0. The minimum Gasteiger partial charge on any atom is -0.0700 e. The molecule has 0 unspecified atom stereocenters. The maximum absolute atomic E-state index is 2.36. The van der Waals surface area contributed by atoms with Crippen LogP contribution < -0.4 is 10.4 Å². The highest BCUT2D eigenvalue weighted by Crippen LogP contribution is 2.21. The molecule has 0 heterocycles. The summed E-state index contributed by atoms with van der Waals surface area (Å²) in [5.74, 6) is 0.480. The summed E-state index contributed by atoms with van der Waals surface area (Å²) in [5, 5.41) is 8.23. The number of rotatable bonds is 0. The molecule has 0 saturated carbocycles. The lowest BCUT2D eigenvalue weighted by molar-refractivity contribution is 1.06. The Balaban J connectivity index is 2.47. The normalized spacial score (nSPS) is 14.5. The zero-order chi connectivity index (χ0) is 12.1. The smallest absolute Gasteiger partial charge is 0.00299 e. The van der Waals surface area contributed by atoms with Gasteiger partial charge in [0.1, 0.15) is 0 Å². The fourth-order valence-electron chi connectivity index (χ4n) is 3.10. The first-order chi connectivity index (χ1) is 8.83. The predicted molar refractivity (Wildman–Crippen MR) is 78.8 cm³/mol. The van der Waals surface area contributed by atoms with Crippen LogP contribution in [0.25, 0.3) is 33.7 Å². The van der Waals surface area contributed by atoms with Crippen molar-refractivity contribution in [1.82, 2.24) is 0 Å². The van der Waals surface area contributed by atoms with E-state index in [0.717, 1.165) is 0 Å². The van der Waals surface area contributed by atoms with E-state index in [0.29, 0.717) is 5.92 Å². The predicted octanol–water partition coefficient (Wildman–Crippen LogP) is 3.20. The molecule has 0 spiro atoms. The molecule has 1 aliphatic rings. The first-order valence-electron chi connectivity index (χ1n) is 6.47. The topological polar surface area (TPSA) is 0 Å². The van der Waals surface area contributed by atoms with Crippen LogP contribution >= 0.6 is 0 Å². The van der Waals surface area contributed by atoms with E-state index in [9.17, 15) is 0 Å². The van der Waals surface area contributed by atoms with Gasteiger partial charge in [0.25, 0.3) is 0 Å². The van der Waals surface area contributed by atoms with Crippen LogP contribution in [0.4, 0.5) is 0 Å². The van der Waals surface area contributed by atoms with Gasteiger partial charge in [-0.15, -0.1) is 0 Å². The van der Waals surface area contributed by atoms with Gasteiger partial charge in [0.05, 0.1) is 0 Å². The van der Waals surface area contributed by atoms with Crippen LogP contribution in [-0.2, 0) is 0 Å². The molecule has 0 aliphatic heterocycles. The van der Waals surface area contributed by atoms with E-state index in [2.05, 4.69) is 67.6 Å². The van der Waals surface area contributed by atoms with Gasteiger partial charge in [-0.1, -0.05) is 67.6 Å². The quantitative estimate of drug-likeness (QED) is 0.520. The third kappa shape index (κ3) is 1.26. The minimum atomic E-state index is 0.480. The fourth-order valence-corrected chi connectivity index (χ4v) is 3.10. The summed E-state index contributed by atoms with van der Waals surface area (Å²) in [6.07, 6.45) is 4.73. The lowest BCUT2D eigenvalue weighted by Crippen LogP contribution is -2.05. The van der Waals surface area contributed by atoms with Gasteiger partial charge in [-0.2, -0.15) is 0 Å². The van der Waals surface area contributed by atoms with Crippen LogP contribution in [0.1, 0.15) is 6.92 Å². The van der Waals surface area contributed by atoms with Crippen molar-refractivity contribution in [3.8, 4) is 0 Å². The molecule has 0 atom stereocenters. The molecular formula is C18H14. The van der Waals surface area contributed by atoms with Gasteiger partial charge in [0.2, 0.25) is 0 Å². The van der Waals surface area contributed by atoms with Crippen molar-refractivity contribution in [3.05, 3.63) is 59.0 Å². The Labute approximate surface area is 106 Å². The molecule has 0 bridgehead atoms. The second kappa shape index (κ2) is 3.46. The van der Waals surface area contributed by atoms with E-state index in [4.69, 9.17) is 0 Å². The summed E-state index contributed by atoms with van der Waals surface area (Å²) < 4.78 is 0. The first-order valence-corrected chi connectivity index (χ1v) is 6.47. The highest BCUT2D eigenvalue weighted by atomic mass is 14.1. The third-order valence-corrected chi connectivity index (χ3v) is 3.84. The van der Waals surface area contributed by atoms with Crippen LogP contribution in [0, 0.1) is 5.92 Å². The molecular weight excluding hydrogens is 216 g/mol. The zero-order valence-corrected chi connectivity index (χ0v) is 10.4. The Bertz CT molecular complexity index is 810. The zero-order valence-electron chi connectivity index (χ0n) is 10.4. The van der Waals surface area contributed by atoms with Crippen molar-refractivity contribution in [2.75, 3.05) is 0 Å². The van der Waals surface area contributed by atoms with Crippen LogP contribution in [0.3, 0.4) is 0 Å². The average Bonchev–Trinajstić information content (AvgIpc) is 2.53. The minimum absolute atomic E-state index is 0.480. The molecule has 0 N–H and O–H groups in total. The molecule has 1 aliphatic carbocycles. The first kappa shape index (κ1) is 9.90. The summed E-state index contributed by atoms with van der Waals surface area (Å²) in [6, 6.07) is 17.6. The Kier molecular flexibility index (Phi) is 1.90. The molecule has 0 heteroatoms. The van der Waals surface area contributed by atoms with Gasteiger partial charge in [-0.25, -0.2) is 0 Å². The Morgan fingerprint density at radius 2 is 1.17 bits per heavy atom. The van der Waals surface area contributed by atoms with Gasteiger partial charge >= 0.3 is 0 Å². The molecule has 4 rings (SSSR count). The monoisotopic (exact) mass is 230 g/mol. The molecule has 0 saturated heterocycles. The largest absolute Gasteiger partial charge is 0.0700 e. The summed E-state index contributed by atoms with van der Waals surface area (Å²) in [4.78, 5) is 0. The molecule has 0 nitrogen and oxygen atoms in total. The second-order valence-corrected chi connectivity index (χ2v) is 5.15. The Hall–Kier alpha value is -2.08. The summed E-state index contributed by atoms with van der Waals surface area (Å²) in [6.45, 7) is 2.25. The molecule has 0 radical (unpaired) electrons. The average molecular weight is 230 g/mol. The van der Waals surface area contributed by atoms with Gasteiger partial charge in [0.15, 0.2) is 0 Å². The highest BCUT2D eigenvalue weighted by Gasteiger charge is 2.07. The molecule has 18 heavy (non-hydrogen) atoms. The van der Waals surface area contributed by atoms with Gasteiger partial charge in [-0.05, 0) is 37.9 Å². The standard InChI is InChI=1S/C18H14/c1-12-10-15-6-2-4-13-8-9-14-5-3-7-16(11-12)18(14)17(13)15/h2-12H,1H3. The molecule has 3 aromatic carbocycles. The fraction of sp³-hybridized carbons (Fsp3) is 0.111. The van der Waals surface area contributed by atoms with Crippen molar-refractivity contribution >= 4 is 33.7 Å². The number of hydrogen-bond acceptors (Lipinski definition) is 0. The van der Waals surface area contributed by atoms with Crippen molar-refractivity contribution in [2.24, 2.45) is 5.92 Å². The van der Waals surface area contributed by atoms with Gasteiger partial charge in [0, 0.05) is 0 Å². The van der Waals surface area contributed by atoms with Crippen molar-refractivity contribution in [1.29, 1.82) is 0 Å². The van der Waals surface area contributed by atoms with E-state index in [-0.39, 0.29) is 0 Å². The van der Waals surface area contributed by atoms with E-state index in [1.165, 1.54) is 32.0 Å².